The van der Waals surface area contributed by atoms with E-state index in [-0.39, 0.29) is 0 Å². The molecular weight excluding hydrogens is 198 g/mol. The lowest BCUT2D eigenvalue weighted by atomic mass is 9.91. The van der Waals surface area contributed by atoms with Gasteiger partial charge in [-0.2, -0.15) is 0 Å². The number of halogens is 1. The van der Waals surface area contributed by atoms with Gasteiger partial charge in [-0.15, -0.1) is 0 Å². The third-order valence-electron chi connectivity index (χ3n) is 2.94. The SMILES string of the molecule is Nc1cccc(Cl)c1C1(O)CCCC1. The first-order valence-corrected chi connectivity index (χ1v) is 5.28. The van der Waals surface area contributed by atoms with Crippen LogP contribution in [0.15, 0.2) is 18.2 Å². The van der Waals surface area contributed by atoms with Gasteiger partial charge in [-0.05, 0) is 25.0 Å². The molecule has 0 radical (unpaired) electrons. The molecule has 0 bridgehead atoms. The molecule has 1 saturated carbocycles. The summed E-state index contributed by atoms with van der Waals surface area (Å²) >= 11 is 6.06. The zero-order valence-electron chi connectivity index (χ0n) is 7.96. The lowest BCUT2D eigenvalue weighted by Gasteiger charge is -2.25. The molecule has 0 heterocycles. The lowest BCUT2D eigenvalue weighted by Crippen LogP contribution is -2.23. The average molecular weight is 212 g/mol. The van der Waals surface area contributed by atoms with Gasteiger partial charge in [-0.3, -0.25) is 0 Å². The summed E-state index contributed by atoms with van der Waals surface area (Å²) in [6, 6.07) is 5.38. The van der Waals surface area contributed by atoms with Crippen molar-refractivity contribution in [2.24, 2.45) is 0 Å². The first-order valence-electron chi connectivity index (χ1n) is 4.90. The Balaban J connectivity index is 2.49. The van der Waals surface area contributed by atoms with Crippen LogP contribution >= 0.6 is 11.6 Å². The van der Waals surface area contributed by atoms with E-state index in [4.69, 9.17) is 17.3 Å². The number of nitrogens with two attached hydrogens (primary N) is 1. The molecule has 1 aliphatic carbocycles. The zero-order valence-corrected chi connectivity index (χ0v) is 8.72. The second-order valence-corrected chi connectivity index (χ2v) is 4.35. The fourth-order valence-electron chi connectivity index (χ4n) is 2.24. The molecule has 0 atom stereocenters. The van der Waals surface area contributed by atoms with Crippen LogP contribution in [0.25, 0.3) is 0 Å². The van der Waals surface area contributed by atoms with Crippen molar-refractivity contribution in [2.75, 3.05) is 5.73 Å². The van der Waals surface area contributed by atoms with E-state index in [1.54, 1.807) is 18.2 Å². The minimum Gasteiger partial charge on any atom is -0.398 e. The maximum Gasteiger partial charge on any atom is 0.0930 e. The highest BCUT2D eigenvalue weighted by molar-refractivity contribution is 6.31. The Morgan fingerprint density at radius 3 is 2.50 bits per heavy atom. The molecule has 3 heteroatoms. The molecule has 0 spiro atoms. The Labute approximate surface area is 88.7 Å². The lowest BCUT2D eigenvalue weighted by molar-refractivity contribution is 0.0454. The monoisotopic (exact) mass is 211 g/mol. The number of anilines is 1. The van der Waals surface area contributed by atoms with Gasteiger partial charge in [0.25, 0.3) is 0 Å². The Hall–Kier alpha value is -0.730. The smallest absolute Gasteiger partial charge is 0.0930 e. The standard InChI is InChI=1S/C11H14ClNO/c12-8-4-3-5-9(13)10(8)11(14)6-1-2-7-11/h3-5,14H,1-2,6-7,13H2. The number of nitrogen functional groups attached to an aromatic ring is 1. The van der Waals surface area contributed by atoms with Crippen molar-refractivity contribution in [3.63, 3.8) is 0 Å². The molecule has 3 N–H and O–H groups in total. The fourth-order valence-corrected chi connectivity index (χ4v) is 2.60. The van der Waals surface area contributed by atoms with Crippen LogP contribution in [-0.4, -0.2) is 5.11 Å². The van der Waals surface area contributed by atoms with E-state index in [0.29, 0.717) is 10.7 Å². The largest absolute Gasteiger partial charge is 0.398 e. The van der Waals surface area contributed by atoms with Gasteiger partial charge in [0.1, 0.15) is 0 Å². The average Bonchev–Trinajstić information content (AvgIpc) is 2.52. The van der Waals surface area contributed by atoms with Crippen molar-refractivity contribution in [2.45, 2.75) is 31.3 Å². The van der Waals surface area contributed by atoms with Crippen LogP contribution in [0.2, 0.25) is 5.02 Å². The quantitative estimate of drug-likeness (QED) is 0.702. The molecular formula is C11H14ClNO. The Bertz CT molecular complexity index is 325. The van der Waals surface area contributed by atoms with Gasteiger partial charge < -0.3 is 10.8 Å². The Morgan fingerprint density at radius 1 is 1.29 bits per heavy atom. The minimum absolute atomic E-state index is 0.578. The van der Waals surface area contributed by atoms with Gasteiger partial charge in [-0.25, -0.2) is 0 Å². The molecule has 14 heavy (non-hydrogen) atoms. The fraction of sp³-hybridized carbons (Fsp3) is 0.455. The van der Waals surface area contributed by atoms with Crippen LogP contribution in [-0.2, 0) is 5.60 Å². The van der Waals surface area contributed by atoms with Crippen LogP contribution in [0, 0.1) is 0 Å². The minimum atomic E-state index is -0.789. The first kappa shape index (κ1) is 9.81. The Morgan fingerprint density at radius 2 is 1.93 bits per heavy atom. The Kier molecular flexibility index (Phi) is 2.41. The van der Waals surface area contributed by atoms with Crippen LogP contribution < -0.4 is 5.73 Å². The number of hydrogen-bond acceptors (Lipinski definition) is 2. The highest BCUT2D eigenvalue weighted by Gasteiger charge is 2.36. The summed E-state index contributed by atoms with van der Waals surface area (Å²) in [7, 11) is 0. The van der Waals surface area contributed by atoms with E-state index >= 15 is 0 Å². The van der Waals surface area contributed by atoms with E-state index < -0.39 is 5.60 Å². The maximum absolute atomic E-state index is 10.4. The van der Waals surface area contributed by atoms with Crippen LogP contribution in [0.1, 0.15) is 31.2 Å². The topological polar surface area (TPSA) is 46.2 Å². The van der Waals surface area contributed by atoms with E-state index in [2.05, 4.69) is 0 Å². The van der Waals surface area contributed by atoms with Gasteiger partial charge in [-0.1, -0.05) is 30.5 Å². The van der Waals surface area contributed by atoms with E-state index in [1.807, 2.05) is 0 Å². The summed E-state index contributed by atoms with van der Waals surface area (Å²) in [6.07, 6.45) is 3.62. The van der Waals surface area contributed by atoms with Crippen LogP contribution in [0.3, 0.4) is 0 Å². The van der Waals surface area contributed by atoms with Crippen LogP contribution in [0.4, 0.5) is 5.69 Å². The van der Waals surface area contributed by atoms with Crippen molar-refractivity contribution < 1.29 is 5.11 Å². The molecule has 2 rings (SSSR count). The number of aliphatic hydroxyl groups is 1. The van der Waals surface area contributed by atoms with Crippen molar-refractivity contribution in [1.29, 1.82) is 0 Å². The molecule has 0 amide bonds. The van der Waals surface area contributed by atoms with Gasteiger partial charge in [0.15, 0.2) is 0 Å². The molecule has 1 aromatic rings. The maximum atomic E-state index is 10.4. The van der Waals surface area contributed by atoms with Crippen molar-refractivity contribution in [3.8, 4) is 0 Å². The second-order valence-electron chi connectivity index (χ2n) is 3.94. The van der Waals surface area contributed by atoms with Gasteiger partial charge in [0, 0.05) is 16.3 Å². The number of benzene rings is 1. The van der Waals surface area contributed by atoms with Gasteiger partial charge in [0.2, 0.25) is 0 Å². The molecule has 0 aromatic heterocycles. The molecule has 1 aliphatic rings. The van der Waals surface area contributed by atoms with E-state index in [9.17, 15) is 5.11 Å². The summed E-state index contributed by atoms with van der Waals surface area (Å²) < 4.78 is 0. The van der Waals surface area contributed by atoms with Crippen molar-refractivity contribution in [3.05, 3.63) is 28.8 Å². The summed E-state index contributed by atoms with van der Waals surface area (Å²) in [5.74, 6) is 0. The van der Waals surface area contributed by atoms with Crippen molar-refractivity contribution >= 4 is 17.3 Å². The van der Waals surface area contributed by atoms with Gasteiger partial charge in [0.05, 0.1) is 5.60 Å². The first-order chi connectivity index (χ1) is 6.63. The molecule has 76 valence electrons. The zero-order chi connectivity index (χ0) is 10.2. The van der Waals surface area contributed by atoms with E-state index in [1.165, 1.54) is 0 Å². The highest BCUT2D eigenvalue weighted by Crippen LogP contribution is 2.43. The number of rotatable bonds is 1. The molecule has 0 saturated heterocycles. The summed E-state index contributed by atoms with van der Waals surface area (Å²) in [4.78, 5) is 0. The van der Waals surface area contributed by atoms with E-state index in [0.717, 1.165) is 31.2 Å². The van der Waals surface area contributed by atoms with Gasteiger partial charge >= 0.3 is 0 Å². The highest BCUT2D eigenvalue weighted by atomic mass is 35.5. The van der Waals surface area contributed by atoms with Crippen molar-refractivity contribution in [1.82, 2.24) is 0 Å². The van der Waals surface area contributed by atoms with Crippen LogP contribution in [0.5, 0.6) is 0 Å². The second kappa shape index (κ2) is 3.44. The molecule has 1 aromatic carbocycles. The molecule has 1 fully saturated rings. The summed E-state index contributed by atoms with van der Waals surface area (Å²) in [5.41, 5.74) is 6.37. The third-order valence-corrected chi connectivity index (χ3v) is 3.26. The predicted octanol–water partition coefficient (Wildman–Crippen LogP) is 2.68. The summed E-state index contributed by atoms with van der Waals surface area (Å²) in [6.45, 7) is 0. The third kappa shape index (κ3) is 1.49. The molecule has 0 unspecified atom stereocenters. The number of hydrogen-bond donors (Lipinski definition) is 2. The summed E-state index contributed by atoms with van der Waals surface area (Å²) in [5, 5.41) is 10.9. The normalized spacial score (nSPS) is 19.9. The molecule has 2 nitrogen and oxygen atoms in total. The molecule has 0 aliphatic heterocycles. The predicted molar refractivity (Wildman–Crippen MR) is 58.2 cm³/mol.